The van der Waals surface area contributed by atoms with Crippen LogP contribution in [0.2, 0.25) is 0 Å². The van der Waals surface area contributed by atoms with Crippen LogP contribution in [-0.4, -0.2) is 25.1 Å². The minimum absolute atomic E-state index is 0.757. The highest BCUT2D eigenvalue weighted by Gasteiger charge is 2.28. The molecule has 14 heavy (non-hydrogen) atoms. The van der Waals surface area contributed by atoms with E-state index >= 15 is 0 Å². The molecule has 0 atom stereocenters. The average Bonchev–Trinajstić information content (AvgIpc) is 2.29. The molecule has 86 valence electrons. The van der Waals surface area contributed by atoms with E-state index in [2.05, 4.69) is 20.8 Å². The molecule has 0 bridgehead atoms. The van der Waals surface area contributed by atoms with Crippen LogP contribution in [0.4, 0.5) is 0 Å². The molecule has 0 aliphatic heterocycles. The molecule has 0 rings (SSSR count). The Morgan fingerprint density at radius 2 is 1.14 bits per heavy atom. The Kier molecular flexibility index (Phi) is 7.78. The smallest absolute Gasteiger partial charge is 0.0652 e. The number of hydrogen-bond donors (Lipinski definition) is 0. The Bertz CT molecular complexity index is 115. The van der Waals surface area contributed by atoms with Gasteiger partial charge in [0.25, 0.3) is 0 Å². The van der Waals surface area contributed by atoms with Crippen LogP contribution in [0.1, 0.15) is 60.7 Å². The van der Waals surface area contributed by atoms with Crippen LogP contribution >= 0.6 is 7.26 Å². The van der Waals surface area contributed by atoms with E-state index in [9.17, 15) is 0 Å². The average molecular weight is 218 g/mol. The topological polar surface area (TPSA) is 0 Å². The van der Waals surface area contributed by atoms with Crippen LogP contribution in [0.5, 0.6) is 0 Å². The Morgan fingerprint density at radius 1 is 0.786 bits per heavy atom. The molecule has 0 spiro atoms. The van der Waals surface area contributed by atoms with Crippen LogP contribution in [0.3, 0.4) is 0 Å². The van der Waals surface area contributed by atoms with Crippen molar-refractivity contribution in [1.82, 2.24) is 0 Å². The van der Waals surface area contributed by atoms with E-state index in [1.54, 1.807) is 0 Å². The molecule has 0 saturated heterocycles. The Balaban J connectivity index is 4.16. The second-order valence-electron chi connectivity index (χ2n) is 4.57. The van der Waals surface area contributed by atoms with E-state index in [0.29, 0.717) is 0 Å². The van der Waals surface area contributed by atoms with Crippen LogP contribution in [0.25, 0.3) is 0 Å². The standard InChI is InChI=1S/C13H30P/c1-5-8-11-14(4,12-9-6-2)13-10-7-3/h5-13H2,1-4H3/q+1/i4D. The third-order valence-electron chi connectivity index (χ3n) is 2.96. The molecular weight excluding hydrogens is 187 g/mol. The van der Waals surface area contributed by atoms with Gasteiger partial charge in [0, 0.05) is 13.9 Å². The van der Waals surface area contributed by atoms with E-state index < -0.39 is 7.26 Å². The van der Waals surface area contributed by atoms with Gasteiger partial charge in [-0.1, -0.05) is 40.0 Å². The second kappa shape index (κ2) is 8.72. The SMILES string of the molecule is [2H]C[P+](CCCC)(CCCC)CCCC. The van der Waals surface area contributed by atoms with Gasteiger partial charge >= 0.3 is 0 Å². The summed E-state index contributed by atoms with van der Waals surface area (Å²) in [7, 11) is -0.860. The lowest BCUT2D eigenvalue weighted by Gasteiger charge is -2.22. The highest BCUT2D eigenvalue weighted by atomic mass is 31.2. The molecule has 0 N–H and O–H groups in total. The minimum atomic E-state index is -0.860. The lowest BCUT2D eigenvalue weighted by atomic mass is 10.4. The summed E-state index contributed by atoms with van der Waals surface area (Å²) in [6.07, 6.45) is 12.2. The highest BCUT2D eigenvalue weighted by molar-refractivity contribution is 7.75. The summed E-state index contributed by atoms with van der Waals surface area (Å²) in [5, 5.41) is 0. The first-order valence-electron chi connectivity index (χ1n) is 7.09. The molecule has 0 aromatic carbocycles. The fraction of sp³-hybridized carbons (Fsp3) is 1.00. The summed E-state index contributed by atoms with van der Waals surface area (Å²) >= 11 is 0. The zero-order valence-electron chi connectivity index (χ0n) is 11.5. The first kappa shape index (κ1) is 12.5. The minimum Gasteiger partial charge on any atom is -0.0652 e. The largest absolute Gasteiger partial charge is 0.0672 e. The molecule has 0 aromatic heterocycles. The van der Waals surface area contributed by atoms with E-state index in [4.69, 9.17) is 1.37 Å². The van der Waals surface area contributed by atoms with E-state index in [0.717, 1.165) is 6.64 Å². The first-order valence-corrected chi connectivity index (χ1v) is 8.92. The quantitative estimate of drug-likeness (QED) is 0.476. The molecule has 0 amide bonds. The van der Waals surface area contributed by atoms with Crippen molar-refractivity contribution in [3.63, 3.8) is 0 Å². The van der Waals surface area contributed by atoms with Crippen molar-refractivity contribution in [2.45, 2.75) is 59.3 Å². The monoisotopic (exact) mass is 218 g/mol. The summed E-state index contributed by atoms with van der Waals surface area (Å²) < 4.78 is 7.89. The molecule has 0 unspecified atom stereocenters. The summed E-state index contributed by atoms with van der Waals surface area (Å²) in [5.74, 6) is 0. The highest BCUT2D eigenvalue weighted by Crippen LogP contribution is 2.57. The molecule has 0 aromatic rings. The van der Waals surface area contributed by atoms with Gasteiger partial charge in [-0.05, 0) is 19.3 Å². The number of unbranched alkanes of at least 4 members (excludes halogenated alkanes) is 3. The van der Waals surface area contributed by atoms with E-state index in [1.165, 1.54) is 57.0 Å². The van der Waals surface area contributed by atoms with Crippen molar-refractivity contribution in [3.05, 3.63) is 0 Å². The molecule has 0 fully saturated rings. The van der Waals surface area contributed by atoms with Crippen LogP contribution in [0, 0.1) is 0 Å². The van der Waals surface area contributed by atoms with E-state index in [1.807, 2.05) is 0 Å². The van der Waals surface area contributed by atoms with Crippen molar-refractivity contribution in [3.8, 4) is 0 Å². The van der Waals surface area contributed by atoms with Gasteiger partial charge in [0.1, 0.15) is 0 Å². The van der Waals surface area contributed by atoms with Gasteiger partial charge in [0.2, 0.25) is 0 Å². The van der Waals surface area contributed by atoms with Gasteiger partial charge in [-0.3, -0.25) is 0 Å². The van der Waals surface area contributed by atoms with Gasteiger partial charge in [-0.2, -0.15) is 0 Å². The fourth-order valence-corrected chi connectivity index (χ4v) is 5.45. The Morgan fingerprint density at radius 3 is 1.36 bits per heavy atom. The van der Waals surface area contributed by atoms with Crippen molar-refractivity contribution in [1.29, 1.82) is 0 Å². The number of hydrogen-bond acceptors (Lipinski definition) is 0. The van der Waals surface area contributed by atoms with Crippen molar-refractivity contribution in [2.75, 3.05) is 25.1 Å². The van der Waals surface area contributed by atoms with Crippen LogP contribution in [-0.2, 0) is 0 Å². The van der Waals surface area contributed by atoms with Gasteiger partial charge in [0.05, 0.1) is 19.9 Å². The summed E-state index contributed by atoms with van der Waals surface area (Å²) in [6, 6.07) is 0. The fourth-order valence-electron chi connectivity index (χ4n) is 1.82. The normalized spacial score (nSPS) is 12.9. The lowest BCUT2D eigenvalue weighted by molar-refractivity contribution is 0.838. The molecule has 0 saturated carbocycles. The van der Waals surface area contributed by atoms with Gasteiger partial charge in [0.15, 0.2) is 0 Å². The van der Waals surface area contributed by atoms with E-state index in [-0.39, 0.29) is 0 Å². The predicted octanol–water partition coefficient (Wildman–Crippen LogP) is 5.03. The molecule has 0 aliphatic rings. The van der Waals surface area contributed by atoms with Crippen molar-refractivity contribution >= 4 is 7.26 Å². The van der Waals surface area contributed by atoms with Gasteiger partial charge in [-0.15, -0.1) is 0 Å². The zero-order valence-corrected chi connectivity index (χ0v) is 11.4. The Hall–Kier alpha value is 0.430. The first-order chi connectivity index (χ1) is 7.24. The predicted molar refractivity (Wildman–Crippen MR) is 72.2 cm³/mol. The third-order valence-corrected chi connectivity index (χ3v) is 6.75. The second-order valence-corrected chi connectivity index (χ2v) is 8.60. The summed E-state index contributed by atoms with van der Waals surface area (Å²) in [6.45, 7) is 7.59. The summed E-state index contributed by atoms with van der Waals surface area (Å²) in [5.41, 5.74) is 0. The zero-order chi connectivity index (χ0) is 11.6. The maximum atomic E-state index is 7.89. The van der Waals surface area contributed by atoms with Crippen LogP contribution < -0.4 is 0 Å². The van der Waals surface area contributed by atoms with Crippen molar-refractivity contribution in [2.24, 2.45) is 0 Å². The van der Waals surface area contributed by atoms with Gasteiger partial charge < -0.3 is 0 Å². The maximum absolute atomic E-state index is 7.89. The molecule has 1 heteroatoms. The Labute approximate surface area is 93.6 Å². The summed E-state index contributed by atoms with van der Waals surface area (Å²) in [4.78, 5) is 0. The van der Waals surface area contributed by atoms with Crippen molar-refractivity contribution < 1.29 is 1.37 Å². The third kappa shape index (κ3) is 6.82. The lowest BCUT2D eigenvalue weighted by Crippen LogP contribution is -2.07. The van der Waals surface area contributed by atoms with Gasteiger partial charge in [-0.25, -0.2) is 0 Å². The van der Waals surface area contributed by atoms with Crippen LogP contribution in [0.15, 0.2) is 0 Å². The molecule has 0 heterocycles. The molecule has 0 nitrogen and oxygen atoms in total. The number of rotatable bonds is 9. The maximum Gasteiger partial charge on any atom is 0.0672 e. The molecule has 0 radical (unpaired) electrons. The molecular formula is C13H30P+. The molecule has 0 aliphatic carbocycles.